The molecule has 0 saturated heterocycles. The SMILES string of the molecule is N#C/C(=C/NC1=NCCS1)C(=O)NCCCl. The summed E-state index contributed by atoms with van der Waals surface area (Å²) in [5, 5.41) is 14.8. The summed E-state index contributed by atoms with van der Waals surface area (Å²) >= 11 is 6.98. The summed E-state index contributed by atoms with van der Waals surface area (Å²) < 4.78 is 0. The van der Waals surface area contributed by atoms with Crippen molar-refractivity contribution in [2.75, 3.05) is 24.7 Å². The van der Waals surface area contributed by atoms with Crippen molar-refractivity contribution < 1.29 is 4.79 Å². The Balaban J connectivity index is 2.49. The lowest BCUT2D eigenvalue weighted by molar-refractivity contribution is -0.117. The number of halogens is 1. The first kappa shape index (κ1) is 12.9. The molecule has 0 unspecified atom stereocenters. The van der Waals surface area contributed by atoms with Crippen LogP contribution in [-0.4, -0.2) is 35.8 Å². The van der Waals surface area contributed by atoms with E-state index in [-0.39, 0.29) is 5.57 Å². The highest BCUT2D eigenvalue weighted by molar-refractivity contribution is 8.14. The molecule has 0 aromatic carbocycles. The molecule has 7 heteroatoms. The van der Waals surface area contributed by atoms with E-state index < -0.39 is 5.91 Å². The largest absolute Gasteiger partial charge is 0.350 e. The van der Waals surface area contributed by atoms with Gasteiger partial charge in [0.1, 0.15) is 11.6 Å². The van der Waals surface area contributed by atoms with Crippen molar-refractivity contribution in [2.45, 2.75) is 0 Å². The molecule has 1 heterocycles. The molecule has 5 nitrogen and oxygen atoms in total. The highest BCUT2D eigenvalue weighted by Crippen LogP contribution is 2.08. The molecule has 0 fully saturated rings. The van der Waals surface area contributed by atoms with Crippen LogP contribution in [0.5, 0.6) is 0 Å². The Kier molecular flexibility index (Phi) is 5.75. The van der Waals surface area contributed by atoms with E-state index in [4.69, 9.17) is 16.9 Å². The molecular formula is C9H11ClN4OS. The van der Waals surface area contributed by atoms with Crippen LogP contribution in [0.3, 0.4) is 0 Å². The molecule has 0 atom stereocenters. The Morgan fingerprint density at radius 3 is 3.12 bits per heavy atom. The molecule has 0 aromatic rings. The predicted octanol–water partition coefficient (Wildman–Crippen LogP) is 0.441. The fourth-order valence-corrected chi connectivity index (χ4v) is 1.76. The number of alkyl halides is 1. The third-order valence-corrected chi connectivity index (χ3v) is 2.77. The van der Waals surface area contributed by atoms with E-state index in [0.717, 1.165) is 17.5 Å². The lowest BCUT2D eigenvalue weighted by Gasteiger charge is -2.02. The zero-order chi connectivity index (χ0) is 11.8. The number of carbonyl (C=O) groups is 1. The zero-order valence-electron chi connectivity index (χ0n) is 8.49. The van der Waals surface area contributed by atoms with Gasteiger partial charge >= 0.3 is 0 Å². The van der Waals surface area contributed by atoms with Gasteiger partial charge in [0.15, 0.2) is 5.17 Å². The van der Waals surface area contributed by atoms with Crippen molar-refractivity contribution in [3.63, 3.8) is 0 Å². The van der Waals surface area contributed by atoms with Crippen LogP contribution in [0.1, 0.15) is 0 Å². The van der Waals surface area contributed by atoms with Crippen molar-refractivity contribution in [3.05, 3.63) is 11.8 Å². The first-order chi connectivity index (χ1) is 7.77. The molecule has 0 aliphatic carbocycles. The van der Waals surface area contributed by atoms with E-state index in [1.165, 1.54) is 6.20 Å². The third-order valence-electron chi connectivity index (χ3n) is 1.67. The fraction of sp³-hybridized carbons (Fsp3) is 0.444. The summed E-state index contributed by atoms with van der Waals surface area (Å²) in [6.07, 6.45) is 1.36. The second-order valence-corrected chi connectivity index (χ2v) is 4.26. The first-order valence-corrected chi connectivity index (χ1v) is 6.18. The number of hydrogen-bond donors (Lipinski definition) is 2. The monoisotopic (exact) mass is 258 g/mol. The molecule has 1 rings (SSSR count). The van der Waals surface area contributed by atoms with Crippen molar-refractivity contribution in [1.82, 2.24) is 10.6 Å². The average molecular weight is 259 g/mol. The number of amides is 1. The van der Waals surface area contributed by atoms with Gasteiger partial charge in [-0.3, -0.25) is 9.79 Å². The Hall–Kier alpha value is -1.19. The second kappa shape index (κ2) is 7.14. The normalized spacial score (nSPS) is 15.2. The lowest BCUT2D eigenvalue weighted by Crippen LogP contribution is -2.27. The summed E-state index contributed by atoms with van der Waals surface area (Å²) in [5.74, 6) is 0.816. The van der Waals surface area contributed by atoms with Crippen LogP contribution in [0.25, 0.3) is 0 Å². The molecule has 0 radical (unpaired) electrons. The van der Waals surface area contributed by atoms with Crippen molar-refractivity contribution >= 4 is 34.4 Å². The number of thioether (sulfide) groups is 1. The molecule has 2 N–H and O–H groups in total. The Morgan fingerprint density at radius 2 is 2.56 bits per heavy atom. The number of carbonyl (C=O) groups excluding carboxylic acids is 1. The minimum Gasteiger partial charge on any atom is -0.350 e. The molecule has 16 heavy (non-hydrogen) atoms. The number of nitrogens with one attached hydrogen (secondary N) is 2. The van der Waals surface area contributed by atoms with Gasteiger partial charge in [-0.05, 0) is 0 Å². The van der Waals surface area contributed by atoms with Gasteiger partial charge in [-0.2, -0.15) is 5.26 Å². The Morgan fingerprint density at radius 1 is 1.75 bits per heavy atom. The standard InChI is InChI=1S/C9H11ClN4OS/c10-1-2-12-8(15)7(5-11)6-14-9-13-3-4-16-9/h6H,1-4H2,(H,12,15)(H,13,14)/b7-6-. The second-order valence-electron chi connectivity index (χ2n) is 2.79. The van der Waals surface area contributed by atoms with Crippen LogP contribution >= 0.6 is 23.4 Å². The molecular weight excluding hydrogens is 248 g/mol. The van der Waals surface area contributed by atoms with Crippen LogP contribution in [0.4, 0.5) is 0 Å². The minimum absolute atomic E-state index is 0.0142. The van der Waals surface area contributed by atoms with Crippen LogP contribution in [0, 0.1) is 11.3 Å². The maximum Gasteiger partial charge on any atom is 0.263 e. The summed E-state index contributed by atoms with van der Waals surface area (Å²) in [6.45, 7) is 1.11. The maximum absolute atomic E-state index is 11.4. The Labute approximate surface area is 103 Å². The smallest absolute Gasteiger partial charge is 0.263 e. The van der Waals surface area contributed by atoms with Crippen molar-refractivity contribution in [3.8, 4) is 6.07 Å². The maximum atomic E-state index is 11.4. The number of rotatable bonds is 4. The fourth-order valence-electron chi connectivity index (χ4n) is 0.961. The quantitative estimate of drug-likeness (QED) is 0.436. The van der Waals surface area contributed by atoms with Crippen LogP contribution in [0.15, 0.2) is 16.8 Å². The van der Waals surface area contributed by atoms with E-state index in [1.807, 2.05) is 6.07 Å². The van der Waals surface area contributed by atoms with Crippen LogP contribution in [-0.2, 0) is 4.79 Å². The molecule has 0 spiro atoms. The molecule has 86 valence electrons. The van der Waals surface area contributed by atoms with Gasteiger partial charge in [0.2, 0.25) is 0 Å². The van der Waals surface area contributed by atoms with Gasteiger partial charge in [0, 0.05) is 24.4 Å². The Bertz CT molecular complexity index is 361. The summed E-state index contributed by atoms with van der Waals surface area (Å²) in [7, 11) is 0. The van der Waals surface area contributed by atoms with E-state index >= 15 is 0 Å². The number of nitriles is 1. The molecule has 0 bridgehead atoms. The number of aliphatic imine (C=N–C) groups is 1. The summed E-state index contributed by atoms with van der Waals surface area (Å²) in [5.41, 5.74) is 0.0142. The van der Waals surface area contributed by atoms with Gasteiger partial charge in [-0.25, -0.2) is 0 Å². The highest BCUT2D eigenvalue weighted by atomic mass is 35.5. The third kappa shape index (κ3) is 4.13. The van der Waals surface area contributed by atoms with Crippen molar-refractivity contribution in [1.29, 1.82) is 5.26 Å². The highest BCUT2D eigenvalue weighted by Gasteiger charge is 2.09. The van der Waals surface area contributed by atoms with E-state index in [1.54, 1.807) is 11.8 Å². The summed E-state index contributed by atoms with van der Waals surface area (Å²) in [4.78, 5) is 15.5. The topological polar surface area (TPSA) is 77.3 Å². The lowest BCUT2D eigenvalue weighted by atomic mass is 10.3. The van der Waals surface area contributed by atoms with Gasteiger partial charge in [0.25, 0.3) is 5.91 Å². The van der Waals surface area contributed by atoms with Crippen LogP contribution in [0.2, 0.25) is 0 Å². The van der Waals surface area contributed by atoms with Gasteiger partial charge in [-0.15, -0.1) is 11.6 Å². The molecule has 1 amide bonds. The molecule has 1 aliphatic heterocycles. The van der Waals surface area contributed by atoms with E-state index in [2.05, 4.69) is 15.6 Å². The average Bonchev–Trinajstić information content (AvgIpc) is 2.80. The zero-order valence-corrected chi connectivity index (χ0v) is 10.1. The number of nitrogens with zero attached hydrogens (tertiary/aromatic N) is 2. The summed E-state index contributed by atoms with van der Waals surface area (Å²) in [6, 6.07) is 1.81. The van der Waals surface area contributed by atoms with Gasteiger partial charge in [0.05, 0.1) is 6.54 Å². The molecule has 0 aromatic heterocycles. The predicted molar refractivity (Wildman–Crippen MR) is 65.3 cm³/mol. The van der Waals surface area contributed by atoms with Gasteiger partial charge < -0.3 is 10.6 Å². The number of hydrogen-bond acceptors (Lipinski definition) is 5. The first-order valence-electron chi connectivity index (χ1n) is 4.66. The minimum atomic E-state index is -0.431. The van der Waals surface area contributed by atoms with Gasteiger partial charge in [-0.1, -0.05) is 11.8 Å². The van der Waals surface area contributed by atoms with E-state index in [0.29, 0.717) is 12.4 Å². The molecule has 1 aliphatic rings. The van der Waals surface area contributed by atoms with Crippen molar-refractivity contribution in [2.24, 2.45) is 4.99 Å². The van der Waals surface area contributed by atoms with E-state index in [9.17, 15) is 4.79 Å². The van der Waals surface area contributed by atoms with Crippen LogP contribution < -0.4 is 10.6 Å². The number of amidine groups is 1. The molecule has 0 saturated carbocycles.